The zero-order valence-corrected chi connectivity index (χ0v) is 14.9. The van der Waals surface area contributed by atoms with Gasteiger partial charge in [-0.3, -0.25) is 0 Å². The molecule has 1 nitrogen and oxygen atoms in total. The molecule has 128 valence electrons. The van der Waals surface area contributed by atoms with Crippen LogP contribution in [0.25, 0.3) is 11.3 Å². The summed E-state index contributed by atoms with van der Waals surface area (Å²) in [5, 5.41) is 0.456. The Morgan fingerprint density at radius 1 is 1.08 bits per heavy atom. The number of likely N-dealkylation sites (N-methyl/N-ethyl adjacent to an activating group) is 1. The van der Waals surface area contributed by atoms with Gasteiger partial charge in [-0.05, 0) is 43.2 Å². The first kappa shape index (κ1) is 17.4. The number of benzene rings is 2. The number of rotatable bonds is 3. The molecule has 25 heavy (non-hydrogen) atoms. The molecule has 4 heteroatoms. The minimum atomic E-state index is -0.599. The van der Waals surface area contributed by atoms with Gasteiger partial charge in [-0.15, -0.1) is 0 Å². The van der Waals surface area contributed by atoms with E-state index in [4.69, 9.17) is 11.6 Å². The highest BCUT2D eigenvalue weighted by Gasteiger charge is 2.28. The Labute approximate surface area is 151 Å². The van der Waals surface area contributed by atoms with Crippen molar-refractivity contribution in [2.75, 3.05) is 6.54 Å². The van der Waals surface area contributed by atoms with Crippen molar-refractivity contribution in [1.82, 2.24) is 4.90 Å². The highest BCUT2D eigenvalue weighted by molar-refractivity contribution is 6.33. The highest BCUT2D eigenvalue weighted by atomic mass is 35.5. The molecule has 0 saturated heterocycles. The van der Waals surface area contributed by atoms with Gasteiger partial charge in [0.25, 0.3) is 0 Å². The molecule has 0 radical (unpaired) electrons. The van der Waals surface area contributed by atoms with Crippen molar-refractivity contribution in [1.29, 1.82) is 0 Å². The zero-order chi connectivity index (χ0) is 18.1. The third kappa shape index (κ3) is 3.12. The molecule has 0 atom stereocenters. The fourth-order valence-corrected chi connectivity index (χ4v) is 3.28. The van der Waals surface area contributed by atoms with Crippen molar-refractivity contribution >= 4 is 22.9 Å². The van der Waals surface area contributed by atoms with Gasteiger partial charge in [0, 0.05) is 12.1 Å². The summed E-state index contributed by atoms with van der Waals surface area (Å²) in [7, 11) is 0. The van der Waals surface area contributed by atoms with Crippen LogP contribution in [0.4, 0.5) is 8.78 Å². The summed E-state index contributed by atoms with van der Waals surface area (Å²) in [5.74, 6) is -1.20. The maximum Gasteiger partial charge on any atom is 0.135 e. The molecule has 2 aromatic carbocycles. The van der Waals surface area contributed by atoms with E-state index in [0.29, 0.717) is 34.1 Å². The van der Waals surface area contributed by atoms with Crippen molar-refractivity contribution in [3.8, 4) is 0 Å². The summed E-state index contributed by atoms with van der Waals surface area (Å²) < 4.78 is 29.5. The summed E-state index contributed by atoms with van der Waals surface area (Å²) in [6, 6.07) is 12.1. The van der Waals surface area contributed by atoms with Gasteiger partial charge in [0.2, 0.25) is 0 Å². The Kier molecular flexibility index (Phi) is 4.78. The molecule has 1 aliphatic heterocycles. The van der Waals surface area contributed by atoms with Gasteiger partial charge < -0.3 is 4.90 Å². The first-order chi connectivity index (χ1) is 11.9. The summed E-state index contributed by atoms with van der Waals surface area (Å²) >= 11 is 6.34. The minimum Gasteiger partial charge on any atom is -0.340 e. The number of halogens is 3. The lowest BCUT2D eigenvalue weighted by Crippen LogP contribution is -2.26. The van der Waals surface area contributed by atoms with Crippen LogP contribution in [0, 0.1) is 18.6 Å². The molecule has 0 aromatic heterocycles. The van der Waals surface area contributed by atoms with E-state index in [9.17, 15) is 8.78 Å². The largest absolute Gasteiger partial charge is 0.340 e. The van der Waals surface area contributed by atoms with Gasteiger partial charge in [-0.2, -0.15) is 0 Å². The lowest BCUT2D eigenvalue weighted by atomic mass is 9.93. The Balaban J connectivity index is 2.38. The molecule has 0 unspecified atom stereocenters. The van der Waals surface area contributed by atoms with Gasteiger partial charge in [-0.25, -0.2) is 8.78 Å². The van der Waals surface area contributed by atoms with E-state index in [-0.39, 0.29) is 5.56 Å². The normalized spacial score (nSPS) is 14.8. The van der Waals surface area contributed by atoms with Crippen LogP contribution in [0.5, 0.6) is 0 Å². The Morgan fingerprint density at radius 2 is 1.68 bits per heavy atom. The van der Waals surface area contributed by atoms with E-state index in [2.05, 4.69) is 6.58 Å². The molecule has 1 heterocycles. The van der Waals surface area contributed by atoms with E-state index >= 15 is 0 Å². The Morgan fingerprint density at radius 3 is 2.24 bits per heavy atom. The number of hydrogen-bond acceptors (Lipinski definition) is 1. The van der Waals surface area contributed by atoms with Crippen LogP contribution in [0.3, 0.4) is 0 Å². The standard InChI is InChI=1S/C21H18ClF2N/c1-4-25-14(3)17(22)12-16(15-8-6-5-7-9-15)21(25)20-18(23)10-13(2)11-19(20)24/h5-12H,3-4H2,1-2H3. The summed E-state index contributed by atoms with van der Waals surface area (Å²) in [4.78, 5) is 1.75. The monoisotopic (exact) mass is 357 g/mol. The van der Waals surface area contributed by atoms with Crippen molar-refractivity contribution in [3.05, 3.63) is 94.2 Å². The fraction of sp³-hybridized carbons (Fsp3) is 0.143. The molecule has 0 bridgehead atoms. The third-order valence-corrected chi connectivity index (χ3v) is 4.55. The van der Waals surface area contributed by atoms with Crippen LogP contribution in [-0.2, 0) is 0 Å². The van der Waals surface area contributed by atoms with E-state index < -0.39 is 11.6 Å². The summed E-state index contributed by atoms with van der Waals surface area (Å²) in [5.41, 5.74) is 2.94. The molecule has 0 aliphatic carbocycles. The van der Waals surface area contributed by atoms with E-state index in [1.165, 1.54) is 12.1 Å². The molecule has 0 fully saturated rings. The van der Waals surface area contributed by atoms with Crippen LogP contribution in [0.2, 0.25) is 0 Å². The number of hydrogen-bond donors (Lipinski definition) is 0. The second kappa shape index (κ2) is 6.85. The quantitative estimate of drug-likeness (QED) is 0.640. The molecular weight excluding hydrogens is 340 g/mol. The number of nitrogens with zero attached hydrogens (tertiary/aromatic N) is 1. The molecule has 0 saturated carbocycles. The summed E-state index contributed by atoms with van der Waals surface area (Å²) in [6.07, 6.45) is 1.72. The first-order valence-electron chi connectivity index (χ1n) is 8.03. The fourth-order valence-electron chi connectivity index (χ4n) is 3.07. The van der Waals surface area contributed by atoms with Crippen LogP contribution in [0.1, 0.15) is 23.6 Å². The molecule has 0 N–H and O–H groups in total. The molecule has 2 aromatic rings. The van der Waals surface area contributed by atoms with Crippen LogP contribution in [-0.4, -0.2) is 11.4 Å². The SMILES string of the molecule is C=C1C(Cl)=CC(c2ccccc2)=C(c2c(F)cc(C)cc2F)N1CC. The van der Waals surface area contributed by atoms with Gasteiger partial charge in [-0.1, -0.05) is 48.5 Å². The lowest BCUT2D eigenvalue weighted by molar-refractivity contribution is 0.508. The number of allylic oxidation sites excluding steroid dienone is 3. The maximum atomic E-state index is 14.7. The van der Waals surface area contributed by atoms with Gasteiger partial charge in [0.15, 0.2) is 0 Å². The Bertz CT molecular complexity index is 874. The lowest BCUT2D eigenvalue weighted by Gasteiger charge is -2.34. The van der Waals surface area contributed by atoms with Crippen LogP contribution < -0.4 is 0 Å². The second-order valence-corrected chi connectivity index (χ2v) is 6.32. The highest BCUT2D eigenvalue weighted by Crippen LogP contribution is 2.41. The second-order valence-electron chi connectivity index (χ2n) is 5.92. The molecule has 0 spiro atoms. The van der Waals surface area contributed by atoms with Crippen molar-refractivity contribution < 1.29 is 8.78 Å². The minimum absolute atomic E-state index is 0.0622. The molecule has 3 rings (SSSR count). The van der Waals surface area contributed by atoms with Crippen LogP contribution in [0.15, 0.2) is 65.8 Å². The van der Waals surface area contributed by atoms with Gasteiger partial charge >= 0.3 is 0 Å². The predicted octanol–water partition coefficient (Wildman–Crippen LogP) is 6.11. The van der Waals surface area contributed by atoms with Gasteiger partial charge in [0.1, 0.15) is 11.6 Å². The number of aryl methyl sites for hydroxylation is 1. The zero-order valence-electron chi connectivity index (χ0n) is 14.1. The predicted molar refractivity (Wildman–Crippen MR) is 99.8 cm³/mol. The van der Waals surface area contributed by atoms with Crippen LogP contribution >= 0.6 is 11.6 Å². The molecular formula is C21H18ClF2N. The first-order valence-corrected chi connectivity index (χ1v) is 8.41. The smallest absolute Gasteiger partial charge is 0.135 e. The van der Waals surface area contributed by atoms with E-state index in [0.717, 1.165) is 5.56 Å². The third-order valence-electron chi connectivity index (χ3n) is 4.22. The van der Waals surface area contributed by atoms with Crippen molar-refractivity contribution in [2.24, 2.45) is 0 Å². The van der Waals surface area contributed by atoms with E-state index in [1.54, 1.807) is 17.9 Å². The topological polar surface area (TPSA) is 3.24 Å². The van der Waals surface area contributed by atoms with Crippen molar-refractivity contribution in [2.45, 2.75) is 13.8 Å². The average molecular weight is 358 g/mol. The molecule has 0 amide bonds. The molecule has 1 aliphatic rings. The maximum absolute atomic E-state index is 14.7. The van der Waals surface area contributed by atoms with E-state index in [1.807, 2.05) is 37.3 Å². The Hall–Kier alpha value is -2.39. The van der Waals surface area contributed by atoms with Crippen molar-refractivity contribution in [3.63, 3.8) is 0 Å². The summed E-state index contributed by atoms with van der Waals surface area (Å²) in [6.45, 7) is 8.02. The average Bonchev–Trinajstić information content (AvgIpc) is 2.58. The van der Waals surface area contributed by atoms with Gasteiger partial charge in [0.05, 0.1) is 22.0 Å².